The van der Waals surface area contributed by atoms with E-state index in [9.17, 15) is 32.1 Å². The first-order valence-corrected chi connectivity index (χ1v) is 3.87. The van der Waals surface area contributed by atoms with E-state index in [0.29, 0.717) is 0 Å². The molecule has 1 aromatic rings. The number of pyridine rings is 1. The molecule has 0 spiro atoms. The molecule has 1 heterocycles. The van der Waals surface area contributed by atoms with Gasteiger partial charge < -0.3 is 5.11 Å². The third-order valence-corrected chi connectivity index (χ3v) is 1.75. The molecule has 0 bridgehead atoms. The number of alkyl halides is 5. The van der Waals surface area contributed by atoms with Crippen molar-refractivity contribution < 1.29 is 32.0 Å². The van der Waals surface area contributed by atoms with Crippen molar-refractivity contribution >= 4 is 5.69 Å². The normalized spacial score (nSPS) is 11.9. The smallest absolute Gasteiger partial charge is 0.424 e. The largest absolute Gasteiger partial charge is 0.501 e. The van der Waals surface area contributed by atoms with Gasteiger partial charge in [0, 0.05) is 6.20 Å². The van der Waals surface area contributed by atoms with Gasteiger partial charge in [-0.2, -0.15) is 13.2 Å². The topological polar surface area (TPSA) is 76.3 Å². The number of nitro groups is 1. The summed E-state index contributed by atoms with van der Waals surface area (Å²) in [5.41, 5.74) is -5.18. The summed E-state index contributed by atoms with van der Waals surface area (Å²) in [6, 6.07) is 0. The second kappa shape index (κ2) is 4.11. The summed E-state index contributed by atoms with van der Waals surface area (Å²) < 4.78 is 61.2. The van der Waals surface area contributed by atoms with Gasteiger partial charge in [0.2, 0.25) is 5.75 Å². The van der Waals surface area contributed by atoms with Crippen LogP contribution >= 0.6 is 0 Å². The Morgan fingerprint density at radius 1 is 1.41 bits per heavy atom. The molecule has 0 aliphatic carbocycles. The maximum absolute atomic E-state index is 12.3. The van der Waals surface area contributed by atoms with Crippen molar-refractivity contribution in [2.45, 2.75) is 12.6 Å². The van der Waals surface area contributed by atoms with E-state index in [4.69, 9.17) is 5.11 Å². The Bertz CT molecular complexity index is 460. The van der Waals surface area contributed by atoms with Crippen LogP contribution in [0.2, 0.25) is 0 Å². The molecule has 0 saturated carbocycles. The van der Waals surface area contributed by atoms with E-state index in [1.807, 2.05) is 0 Å². The third-order valence-electron chi connectivity index (χ3n) is 1.75. The van der Waals surface area contributed by atoms with Gasteiger partial charge in [-0.05, 0) is 0 Å². The quantitative estimate of drug-likeness (QED) is 0.502. The Morgan fingerprint density at radius 3 is 2.29 bits per heavy atom. The van der Waals surface area contributed by atoms with Gasteiger partial charge in [0.15, 0.2) is 11.3 Å². The van der Waals surface area contributed by atoms with Crippen molar-refractivity contribution in [3.63, 3.8) is 0 Å². The van der Waals surface area contributed by atoms with E-state index >= 15 is 0 Å². The van der Waals surface area contributed by atoms with Gasteiger partial charge in [-0.15, -0.1) is 0 Å². The Morgan fingerprint density at radius 2 is 1.94 bits per heavy atom. The van der Waals surface area contributed by atoms with E-state index in [-0.39, 0.29) is 6.20 Å². The molecule has 0 aliphatic rings. The molecule has 1 rings (SSSR count). The molecule has 0 saturated heterocycles. The Labute approximate surface area is 89.7 Å². The highest BCUT2D eigenvalue weighted by Gasteiger charge is 2.42. The SMILES string of the molecule is O=[N+]([O-])c1c(C(F)(F)F)cnc(C(F)F)c1O. The molecule has 0 aliphatic heterocycles. The highest BCUT2D eigenvalue weighted by molar-refractivity contribution is 5.54. The van der Waals surface area contributed by atoms with Crippen molar-refractivity contribution in [1.29, 1.82) is 0 Å². The van der Waals surface area contributed by atoms with E-state index in [1.165, 1.54) is 0 Å². The van der Waals surface area contributed by atoms with Gasteiger partial charge in [-0.25, -0.2) is 8.78 Å². The van der Waals surface area contributed by atoms with Gasteiger partial charge in [0.1, 0.15) is 0 Å². The standard InChI is InChI=1S/C7H3F5N2O3/c8-6(9)3-5(15)4(14(16)17)2(1-13-3)7(10,11)12/h1,6,15H. The summed E-state index contributed by atoms with van der Waals surface area (Å²) in [4.78, 5) is 11.4. The Hall–Kier alpha value is -2.00. The zero-order valence-electron chi connectivity index (χ0n) is 7.70. The van der Waals surface area contributed by atoms with E-state index < -0.39 is 40.2 Å². The van der Waals surface area contributed by atoms with Crippen LogP contribution in [-0.4, -0.2) is 15.0 Å². The molecule has 0 fully saturated rings. The molecule has 0 amide bonds. The molecular weight excluding hydrogens is 255 g/mol. The van der Waals surface area contributed by atoms with Crippen LogP contribution in [0.25, 0.3) is 0 Å². The van der Waals surface area contributed by atoms with Crippen LogP contribution in [-0.2, 0) is 6.18 Å². The number of hydrogen-bond donors (Lipinski definition) is 1. The molecule has 10 heteroatoms. The maximum Gasteiger partial charge on any atom is 0.424 e. The summed E-state index contributed by atoms with van der Waals surface area (Å²) in [5.74, 6) is -1.78. The first-order chi connectivity index (χ1) is 7.66. The van der Waals surface area contributed by atoms with Gasteiger partial charge in [0.25, 0.3) is 6.43 Å². The predicted molar refractivity (Wildman–Crippen MR) is 42.5 cm³/mol. The first-order valence-electron chi connectivity index (χ1n) is 3.87. The van der Waals surface area contributed by atoms with Crippen molar-refractivity contribution in [1.82, 2.24) is 4.98 Å². The van der Waals surface area contributed by atoms with Gasteiger partial charge in [-0.1, -0.05) is 0 Å². The van der Waals surface area contributed by atoms with Gasteiger partial charge in [0.05, 0.1) is 4.92 Å². The lowest BCUT2D eigenvalue weighted by molar-refractivity contribution is -0.389. The van der Waals surface area contributed by atoms with Crippen molar-refractivity contribution in [2.75, 3.05) is 0 Å². The van der Waals surface area contributed by atoms with E-state index in [0.717, 1.165) is 0 Å². The lowest BCUT2D eigenvalue weighted by atomic mass is 10.2. The number of nitrogens with zero attached hydrogens (tertiary/aromatic N) is 2. The fourth-order valence-electron chi connectivity index (χ4n) is 1.06. The molecule has 0 radical (unpaired) electrons. The Kier molecular flexibility index (Phi) is 3.16. The fourth-order valence-corrected chi connectivity index (χ4v) is 1.06. The molecule has 0 unspecified atom stereocenters. The van der Waals surface area contributed by atoms with Crippen LogP contribution in [0.3, 0.4) is 0 Å². The molecule has 94 valence electrons. The molecule has 1 N–H and O–H groups in total. The third kappa shape index (κ3) is 2.40. The van der Waals surface area contributed by atoms with Crippen LogP contribution in [0.15, 0.2) is 6.20 Å². The lowest BCUT2D eigenvalue weighted by Crippen LogP contribution is -2.11. The summed E-state index contributed by atoms with van der Waals surface area (Å²) in [6.45, 7) is 0. The zero-order chi connectivity index (χ0) is 13.4. The summed E-state index contributed by atoms with van der Waals surface area (Å²) in [5, 5.41) is 19.3. The summed E-state index contributed by atoms with van der Waals surface area (Å²) in [6.07, 6.45) is -8.71. The first kappa shape index (κ1) is 13.1. The van der Waals surface area contributed by atoms with Crippen LogP contribution in [0.4, 0.5) is 27.6 Å². The number of rotatable bonds is 2. The minimum atomic E-state index is -5.17. The summed E-state index contributed by atoms with van der Waals surface area (Å²) in [7, 11) is 0. The second-order valence-electron chi connectivity index (χ2n) is 2.81. The Balaban J connectivity index is 3.57. The number of aromatic nitrogens is 1. The highest BCUT2D eigenvalue weighted by Crippen LogP contribution is 2.43. The fraction of sp³-hybridized carbons (Fsp3) is 0.286. The van der Waals surface area contributed by atoms with Gasteiger partial charge in [-0.3, -0.25) is 15.1 Å². The molecule has 1 aromatic heterocycles. The van der Waals surface area contributed by atoms with E-state index in [2.05, 4.69) is 4.98 Å². The average Bonchev–Trinajstić information content (AvgIpc) is 2.14. The number of halogens is 5. The minimum Gasteiger partial charge on any atom is -0.501 e. The van der Waals surface area contributed by atoms with Crippen LogP contribution in [0, 0.1) is 10.1 Å². The minimum absolute atomic E-state index is 0.112. The molecule has 17 heavy (non-hydrogen) atoms. The predicted octanol–water partition coefficient (Wildman–Crippen LogP) is 2.65. The average molecular weight is 258 g/mol. The maximum atomic E-state index is 12.3. The summed E-state index contributed by atoms with van der Waals surface area (Å²) >= 11 is 0. The van der Waals surface area contributed by atoms with Crippen molar-refractivity contribution in [3.8, 4) is 5.75 Å². The monoisotopic (exact) mass is 258 g/mol. The second-order valence-corrected chi connectivity index (χ2v) is 2.81. The molecule has 5 nitrogen and oxygen atoms in total. The van der Waals surface area contributed by atoms with Crippen LogP contribution in [0.5, 0.6) is 5.75 Å². The zero-order valence-corrected chi connectivity index (χ0v) is 7.70. The number of aromatic hydroxyl groups is 1. The highest BCUT2D eigenvalue weighted by atomic mass is 19.4. The lowest BCUT2D eigenvalue weighted by Gasteiger charge is -2.09. The van der Waals surface area contributed by atoms with Crippen molar-refractivity contribution in [2.24, 2.45) is 0 Å². The van der Waals surface area contributed by atoms with E-state index in [1.54, 1.807) is 0 Å². The van der Waals surface area contributed by atoms with Gasteiger partial charge >= 0.3 is 11.9 Å². The van der Waals surface area contributed by atoms with Crippen LogP contribution in [0.1, 0.15) is 17.7 Å². The number of hydrogen-bond acceptors (Lipinski definition) is 4. The van der Waals surface area contributed by atoms with Crippen LogP contribution < -0.4 is 0 Å². The molecular formula is C7H3F5N2O3. The van der Waals surface area contributed by atoms with Crippen molar-refractivity contribution in [3.05, 3.63) is 27.6 Å². The molecule has 0 atom stereocenters. The molecule has 0 aromatic carbocycles.